The van der Waals surface area contributed by atoms with Gasteiger partial charge < -0.3 is 0 Å². The van der Waals surface area contributed by atoms with Crippen LogP contribution in [0, 0.1) is 11.8 Å². The maximum absolute atomic E-state index is 2.95. The van der Waals surface area contributed by atoms with Gasteiger partial charge in [0.15, 0.2) is 0 Å². The Kier molecular flexibility index (Phi) is 2.52. The fraction of sp³-hybridized carbons (Fsp3) is 1.00. The first-order valence-corrected chi connectivity index (χ1v) is 4.60. The molecule has 1 aliphatic rings. The minimum absolute atomic E-state index is 0.906. The summed E-state index contributed by atoms with van der Waals surface area (Å²) in [5.41, 5.74) is 0.906. The molecule has 0 bridgehead atoms. The van der Waals surface area contributed by atoms with Gasteiger partial charge in [-0.05, 0) is 36.8 Å². The average molecular weight is 144 g/mol. The van der Waals surface area contributed by atoms with Crippen LogP contribution < -0.4 is 0 Å². The maximum Gasteiger partial charge on any atom is -0.0259 e. The molecular formula is C8H17P. The topological polar surface area (TPSA) is 0 Å². The number of hydrogen-bond donors (Lipinski definition) is 0. The van der Waals surface area contributed by atoms with Gasteiger partial charge in [-0.2, -0.15) is 0 Å². The maximum atomic E-state index is 2.95. The van der Waals surface area contributed by atoms with Crippen molar-refractivity contribution >= 4 is 9.24 Å². The van der Waals surface area contributed by atoms with Crippen molar-refractivity contribution in [1.82, 2.24) is 0 Å². The summed E-state index contributed by atoms with van der Waals surface area (Å²) in [5, 5.41) is 0. The van der Waals surface area contributed by atoms with Gasteiger partial charge in [-0.25, -0.2) is 0 Å². The monoisotopic (exact) mass is 144 g/mol. The quantitative estimate of drug-likeness (QED) is 0.458. The standard InChI is InChI=1S/C8H17P/c1-6-3-7(2)5-8(9)4-6/h6-8H,3-5,9H2,1-2H3/t6-,7+,8?. The van der Waals surface area contributed by atoms with E-state index in [1.54, 1.807) is 0 Å². The first kappa shape index (κ1) is 7.54. The minimum atomic E-state index is 0.906. The summed E-state index contributed by atoms with van der Waals surface area (Å²) in [5.74, 6) is 1.94. The van der Waals surface area contributed by atoms with E-state index >= 15 is 0 Å². The Morgan fingerprint density at radius 3 is 1.78 bits per heavy atom. The molecule has 9 heavy (non-hydrogen) atoms. The van der Waals surface area contributed by atoms with Crippen molar-refractivity contribution in [2.75, 3.05) is 0 Å². The molecule has 2 unspecified atom stereocenters. The second-order valence-electron chi connectivity index (χ2n) is 3.68. The molecule has 0 nitrogen and oxygen atoms in total. The Hall–Kier alpha value is 0.430. The van der Waals surface area contributed by atoms with Crippen LogP contribution in [-0.2, 0) is 0 Å². The number of rotatable bonds is 0. The fourth-order valence-corrected chi connectivity index (χ4v) is 2.94. The van der Waals surface area contributed by atoms with E-state index in [-0.39, 0.29) is 0 Å². The predicted molar refractivity (Wildman–Crippen MR) is 45.7 cm³/mol. The molecule has 1 aliphatic carbocycles. The second-order valence-corrected chi connectivity index (χ2v) is 4.62. The lowest BCUT2D eigenvalue weighted by Crippen LogP contribution is -2.18. The smallest absolute Gasteiger partial charge is 0.0259 e. The van der Waals surface area contributed by atoms with Crippen molar-refractivity contribution in [3.05, 3.63) is 0 Å². The van der Waals surface area contributed by atoms with Gasteiger partial charge in [0.2, 0.25) is 0 Å². The van der Waals surface area contributed by atoms with Crippen LogP contribution in [0.25, 0.3) is 0 Å². The molecule has 1 fully saturated rings. The average Bonchev–Trinajstić information content (AvgIpc) is 1.59. The first-order valence-electron chi connectivity index (χ1n) is 3.94. The molecule has 4 atom stereocenters. The second kappa shape index (κ2) is 3.01. The molecule has 0 heterocycles. The third-order valence-corrected chi connectivity index (χ3v) is 2.76. The third-order valence-electron chi connectivity index (χ3n) is 2.21. The molecule has 1 heteroatoms. The molecule has 1 rings (SSSR count). The van der Waals surface area contributed by atoms with E-state index in [4.69, 9.17) is 0 Å². The van der Waals surface area contributed by atoms with Gasteiger partial charge in [0.1, 0.15) is 0 Å². The van der Waals surface area contributed by atoms with Crippen LogP contribution in [0.4, 0.5) is 0 Å². The zero-order valence-electron chi connectivity index (χ0n) is 6.43. The number of hydrogen-bond acceptors (Lipinski definition) is 0. The summed E-state index contributed by atoms with van der Waals surface area (Å²) in [6.45, 7) is 4.74. The Morgan fingerprint density at radius 2 is 1.44 bits per heavy atom. The zero-order chi connectivity index (χ0) is 6.85. The summed E-state index contributed by atoms with van der Waals surface area (Å²) < 4.78 is 0. The van der Waals surface area contributed by atoms with E-state index < -0.39 is 0 Å². The summed E-state index contributed by atoms with van der Waals surface area (Å²) in [6.07, 6.45) is 4.30. The van der Waals surface area contributed by atoms with Crippen molar-refractivity contribution in [3.63, 3.8) is 0 Å². The molecule has 0 aliphatic heterocycles. The van der Waals surface area contributed by atoms with Gasteiger partial charge in [0.05, 0.1) is 0 Å². The van der Waals surface area contributed by atoms with E-state index in [1.165, 1.54) is 19.3 Å². The molecule has 0 N–H and O–H groups in total. The normalized spacial score (nSPS) is 45.0. The molecule has 0 radical (unpaired) electrons. The molecule has 54 valence electrons. The fourth-order valence-electron chi connectivity index (χ4n) is 2.01. The van der Waals surface area contributed by atoms with Gasteiger partial charge in [0, 0.05) is 0 Å². The van der Waals surface area contributed by atoms with E-state index in [9.17, 15) is 0 Å². The van der Waals surface area contributed by atoms with Crippen LogP contribution in [0.2, 0.25) is 0 Å². The SMILES string of the molecule is C[C@@H]1CC(P)C[C@H](C)C1. The van der Waals surface area contributed by atoms with E-state index in [2.05, 4.69) is 23.1 Å². The highest BCUT2D eigenvalue weighted by molar-refractivity contribution is 7.17. The Morgan fingerprint density at radius 1 is 1.00 bits per heavy atom. The van der Waals surface area contributed by atoms with Crippen LogP contribution >= 0.6 is 9.24 Å². The summed E-state index contributed by atoms with van der Waals surface area (Å²) in [4.78, 5) is 0. The lowest BCUT2D eigenvalue weighted by Gasteiger charge is -2.28. The van der Waals surface area contributed by atoms with Gasteiger partial charge in [-0.15, -0.1) is 9.24 Å². The van der Waals surface area contributed by atoms with Crippen molar-refractivity contribution in [2.45, 2.75) is 38.8 Å². The van der Waals surface area contributed by atoms with Crippen LogP contribution in [0.5, 0.6) is 0 Å². The highest BCUT2D eigenvalue weighted by Crippen LogP contribution is 2.32. The van der Waals surface area contributed by atoms with E-state index in [0.717, 1.165) is 17.5 Å². The molecule has 0 aromatic heterocycles. The van der Waals surface area contributed by atoms with Gasteiger partial charge >= 0.3 is 0 Å². The van der Waals surface area contributed by atoms with Gasteiger partial charge in [0.25, 0.3) is 0 Å². The van der Waals surface area contributed by atoms with Crippen LogP contribution in [0.3, 0.4) is 0 Å². The Balaban J connectivity index is 2.34. The van der Waals surface area contributed by atoms with Gasteiger partial charge in [-0.3, -0.25) is 0 Å². The molecule has 0 aromatic rings. The lowest BCUT2D eigenvalue weighted by molar-refractivity contribution is 0.308. The minimum Gasteiger partial charge on any atom is -0.134 e. The largest absolute Gasteiger partial charge is 0.134 e. The molecule has 0 saturated heterocycles. The Labute approximate surface area is 60.6 Å². The highest BCUT2D eigenvalue weighted by Gasteiger charge is 2.20. The van der Waals surface area contributed by atoms with Crippen LogP contribution in [-0.4, -0.2) is 5.66 Å². The molecular weight excluding hydrogens is 127 g/mol. The van der Waals surface area contributed by atoms with Crippen molar-refractivity contribution in [3.8, 4) is 0 Å². The first-order chi connectivity index (χ1) is 4.18. The van der Waals surface area contributed by atoms with Crippen molar-refractivity contribution in [2.24, 2.45) is 11.8 Å². The Bertz CT molecular complexity index is 65.5. The molecule has 0 aromatic carbocycles. The van der Waals surface area contributed by atoms with Crippen molar-refractivity contribution < 1.29 is 0 Å². The summed E-state index contributed by atoms with van der Waals surface area (Å²) in [7, 11) is 2.95. The molecule has 0 spiro atoms. The highest BCUT2D eigenvalue weighted by atomic mass is 31.0. The summed E-state index contributed by atoms with van der Waals surface area (Å²) in [6, 6.07) is 0. The molecule has 0 amide bonds. The van der Waals surface area contributed by atoms with Crippen LogP contribution in [0.1, 0.15) is 33.1 Å². The van der Waals surface area contributed by atoms with Crippen LogP contribution in [0.15, 0.2) is 0 Å². The van der Waals surface area contributed by atoms with E-state index in [1.807, 2.05) is 0 Å². The zero-order valence-corrected chi connectivity index (χ0v) is 7.59. The van der Waals surface area contributed by atoms with E-state index in [0.29, 0.717) is 0 Å². The third kappa shape index (κ3) is 2.26. The van der Waals surface area contributed by atoms with Crippen molar-refractivity contribution in [1.29, 1.82) is 0 Å². The molecule has 1 saturated carbocycles. The summed E-state index contributed by atoms with van der Waals surface area (Å²) >= 11 is 0. The predicted octanol–water partition coefficient (Wildman–Crippen LogP) is 2.69. The lowest BCUT2D eigenvalue weighted by atomic mass is 9.83. The van der Waals surface area contributed by atoms with Gasteiger partial charge in [-0.1, -0.05) is 13.8 Å².